The van der Waals surface area contributed by atoms with E-state index in [4.69, 9.17) is 5.73 Å². The molecule has 78 valence electrons. The summed E-state index contributed by atoms with van der Waals surface area (Å²) in [5.41, 5.74) is 6.81. The molecule has 0 aromatic heterocycles. The van der Waals surface area contributed by atoms with E-state index in [2.05, 4.69) is 27.3 Å². The minimum atomic E-state index is 0.302. The van der Waals surface area contributed by atoms with E-state index in [-0.39, 0.29) is 0 Å². The van der Waals surface area contributed by atoms with Crippen molar-refractivity contribution in [1.82, 2.24) is 0 Å². The van der Waals surface area contributed by atoms with Gasteiger partial charge < -0.3 is 11.1 Å². The summed E-state index contributed by atoms with van der Waals surface area (Å²) in [6.45, 7) is 3.02. The maximum atomic E-state index is 5.66. The first kappa shape index (κ1) is 11.5. The number of nitrogens with two attached hydrogens (primary N) is 1. The molecule has 1 atom stereocenters. The maximum Gasteiger partial charge on any atom is 0.0484 e. The average Bonchev–Trinajstić information content (AvgIpc) is 2.15. The van der Waals surface area contributed by atoms with Crippen molar-refractivity contribution in [3.8, 4) is 0 Å². The smallest absolute Gasteiger partial charge is 0.0484 e. The van der Waals surface area contributed by atoms with Crippen molar-refractivity contribution in [1.29, 1.82) is 0 Å². The highest BCUT2D eigenvalue weighted by atomic mass is 79.9. The zero-order valence-electron chi connectivity index (χ0n) is 8.46. The summed E-state index contributed by atoms with van der Waals surface area (Å²) >= 11 is 3.49. The zero-order chi connectivity index (χ0) is 10.4. The van der Waals surface area contributed by atoms with Gasteiger partial charge in [-0.05, 0) is 47.8 Å². The number of para-hydroxylation sites is 1. The van der Waals surface area contributed by atoms with Crippen LogP contribution in [0.25, 0.3) is 0 Å². The molecule has 1 rings (SSSR count). The number of benzene rings is 1. The van der Waals surface area contributed by atoms with Gasteiger partial charge in [-0.25, -0.2) is 0 Å². The summed E-state index contributed by atoms with van der Waals surface area (Å²) in [6.07, 6.45) is 2.18. The van der Waals surface area contributed by atoms with Gasteiger partial charge in [0.1, 0.15) is 0 Å². The van der Waals surface area contributed by atoms with Gasteiger partial charge in [0.2, 0.25) is 0 Å². The van der Waals surface area contributed by atoms with Crippen LogP contribution in [0, 0.1) is 0 Å². The molecule has 0 fully saturated rings. The third-order valence-electron chi connectivity index (χ3n) is 2.03. The number of rotatable bonds is 5. The minimum absolute atomic E-state index is 0.302. The summed E-state index contributed by atoms with van der Waals surface area (Å²) in [6, 6.07) is 8.44. The number of anilines is 1. The van der Waals surface area contributed by atoms with Gasteiger partial charge in [-0.1, -0.05) is 12.1 Å². The Labute approximate surface area is 94.0 Å². The van der Waals surface area contributed by atoms with Crippen LogP contribution >= 0.6 is 15.9 Å². The molecule has 3 heteroatoms. The summed E-state index contributed by atoms with van der Waals surface area (Å²) in [5.74, 6) is 0. The predicted octanol–water partition coefficient (Wildman–Crippen LogP) is 2.99. The molecule has 14 heavy (non-hydrogen) atoms. The van der Waals surface area contributed by atoms with E-state index >= 15 is 0 Å². The van der Waals surface area contributed by atoms with Crippen molar-refractivity contribution in [2.75, 3.05) is 11.9 Å². The molecule has 0 radical (unpaired) electrons. The van der Waals surface area contributed by atoms with E-state index in [0.29, 0.717) is 6.04 Å². The monoisotopic (exact) mass is 256 g/mol. The number of nitrogens with one attached hydrogen (secondary N) is 1. The Morgan fingerprint density at radius 2 is 2.14 bits per heavy atom. The Morgan fingerprint density at radius 1 is 1.43 bits per heavy atom. The molecular weight excluding hydrogens is 240 g/mol. The fourth-order valence-corrected chi connectivity index (χ4v) is 1.68. The van der Waals surface area contributed by atoms with Crippen molar-refractivity contribution in [2.24, 2.45) is 5.73 Å². The van der Waals surface area contributed by atoms with E-state index in [1.165, 1.54) is 0 Å². The zero-order valence-corrected chi connectivity index (χ0v) is 10.0. The second-order valence-electron chi connectivity index (χ2n) is 3.53. The predicted molar refractivity (Wildman–Crippen MR) is 65.5 cm³/mol. The molecule has 2 nitrogen and oxygen atoms in total. The minimum Gasteiger partial charge on any atom is -0.384 e. The molecule has 0 heterocycles. The normalized spacial score (nSPS) is 12.5. The summed E-state index contributed by atoms with van der Waals surface area (Å²) in [5, 5.41) is 3.37. The average molecular weight is 257 g/mol. The molecule has 3 N–H and O–H groups in total. The quantitative estimate of drug-likeness (QED) is 0.796. The number of hydrogen-bond donors (Lipinski definition) is 2. The molecule has 0 aliphatic carbocycles. The van der Waals surface area contributed by atoms with Crippen LogP contribution in [0.4, 0.5) is 5.69 Å². The molecule has 1 aromatic rings. The Bertz CT molecular complexity index is 274. The van der Waals surface area contributed by atoms with Gasteiger partial charge in [0.05, 0.1) is 0 Å². The van der Waals surface area contributed by atoms with Gasteiger partial charge in [0.25, 0.3) is 0 Å². The molecule has 1 aromatic carbocycles. The molecule has 0 aliphatic heterocycles. The standard InChI is InChI=1S/C11H17BrN2/c1-9(13)5-4-8-14-11-7-3-2-6-10(11)12/h2-3,6-7,9,14H,4-5,8,13H2,1H3. The Kier molecular flexibility index (Phi) is 4.98. The molecule has 0 bridgehead atoms. The molecule has 0 aliphatic rings. The lowest BCUT2D eigenvalue weighted by Crippen LogP contribution is -2.16. The summed E-state index contributed by atoms with van der Waals surface area (Å²) < 4.78 is 1.11. The highest BCUT2D eigenvalue weighted by molar-refractivity contribution is 9.10. The number of hydrogen-bond acceptors (Lipinski definition) is 2. The second kappa shape index (κ2) is 6.04. The third-order valence-corrected chi connectivity index (χ3v) is 2.72. The first-order chi connectivity index (χ1) is 6.70. The van der Waals surface area contributed by atoms with E-state index in [0.717, 1.165) is 29.5 Å². The highest BCUT2D eigenvalue weighted by Gasteiger charge is 1.97. The lowest BCUT2D eigenvalue weighted by Gasteiger charge is -2.09. The second-order valence-corrected chi connectivity index (χ2v) is 4.38. The fourth-order valence-electron chi connectivity index (χ4n) is 1.25. The van der Waals surface area contributed by atoms with Crippen LogP contribution in [-0.4, -0.2) is 12.6 Å². The highest BCUT2D eigenvalue weighted by Crippen LogP contribution is 2.20. The lowest BCUT2D eigenvalue weighted by atomic mass is 10.2. The SMILES string of the molecule is CC(N)CCCNc1ccccc1Br. The van der Waals surface area contributed by atoms with Gasteiger partial charge in [0.15, 0.2) is 0 Å². The van der Waals surface area contributed by atoms with Crippen molar-refractivity contribution < 1.29 is 0 Å². The summed E-state index contributed by atoms with van der Waals surface area (Å²) in [7, 11) is 0. The topological polar surface area (TPSA) is 38.0 Å². The van der Waals surface area contributed by atoms with Gasteiger partial charge in [0, 0.05) is 22.7 Å². The van der Waals surface area contributed by atoms with E-state index < -0.39 is 0 Å². The van der Waals surface area contributed by atoms with Crippen LogP contribution in [0.15, 0.2) is 28.7 Å². The van der Waals surface area contributed by atoms with E-state index in [1.54, 1.807) is 0 Å². The lowest BCUT2D eigenvalue weighted by molar-refractivity contribution is 0.639. The van der Waals surface area contributed by atoms with Crippen molar-refractivity contribution in [2.45, 2.75) is 25.8 Å². The Morgan fingerprint density at radius 3 is 2.79 bits per heavy atom. The first-order valence-corrected chi connectivity index (χ1v) is 5.73. The first-order valence-electron chi connectivity index (χ1n) is 4.94. The van der Waals surface area contributed by atoms with Crippen LogP contribution in [0.2, 0.25) is 0 Å². The van der Waals surface area contributed by atoms with Crippen LogP contribution in [0.1, 0.15) is 19.8 Å². The third kappa shape index (κ3) is 4.11. The van der Waals surface area contributed by atoms with Crippen molar-refractivity contribution in [3.05, 3.63) is 28.7 Å². The van der Waals surface area contributed by atoms with Crippen LogP contribution < -0.4 is 11.1 Å². The maximum absolute atomic E-state index is 5.66. The molecule has 0 amide bonds. The van der Waals surface area contributed by atoms with Gasteiger partial charge in [-0.15, -0.1) is 0 Å². The van der Waals surface area contributed by atoms with Crippen molar-refractivity contribution >= 4 is 21.6 Å². The molecule has 0 spiro atoms. The Hall–Kier alpha value is -0.540. The van der Waals surface area contributed by atoms with E-state index in [9.17, 15) is 0 Å². The Balaban J connectivity index is 2.28. The van der Waals surface area contributed by atoms with Crippen LogP contribution in [-0.2, 0) is 0 Å². The summed E-state index contributed by atoms with van der Waals surface area (Å²) in [4.78, 5) is 0. The van der Waals surface area contributed by atoms with Crippen molar-refractivity contribution in [3.63, 3.8) is 0 Å². The molecule has 1 unspecified atom stereocenters. The van der Waals surface area contributed by atoms with Crippen LogP contribution in [0.5, 0.6) is 0 Å². The van der Waals surface area contributed by atoms with Crippen LogP contribution in [0.3, 0.4) is 0 Å². The van der Waals surface area contributed by atoms with Gasteiger partial charge in [-0.3, -0.25) is 0 Å². The van der Waals surface area contributed by atoms with Gasteiger partial charge >= 0.3 is 0 Å². The van der Waals surface area contributed by atoms with Gasteiger partial charge in [-0.2, -0.15) is 0 Å². The number of halogens is 1. The molecule has 0 saturated heterocycles. The largest absolute Gasteiger partial charge is 0.384 e. The fraction of sp³-hybridized carbons (Fsp3) is 0.455. The molecular formula is C11H17BrN2. The van der Waals surface area contributed by atoms with E-state index in [1.807, 2.05) is 25.1 Å². The molecule has 0 saturated carbocycles.